The third-order valence-corrected chi connectivity index (χ3v) is 6.83. The maximum absolute atomic E-state index is 14.3. The summed E-state index contributed by atoms with van der Waals surface area (Å²) in [5.74, 6) is 0.783. The van der Waals surface area contributed by atoms with Crippen molar-refractivity contribution in [2.24, 2.45) is 28.6 Å². The Morgan fingerprint density at radius 1 is 1.18 bits per heavy atom. The Bertz CT molecular complexity index is 716. The molecule has 1 aromatic carbocycles. The maximum Gasteiger partial charge on any atom is 0.335 e. The summed E-state index contributed by atoms with van der Waals surface area (Å²) in [5.41, 5.74) is -0.123. The molecule has 28 heavy (non-hydrogen) atoms. The van der Waals surface area contributed by atoms with E-state index in [1.165, 1.54) is 50.7 Å². The molecule has 4 saturated carbocycles. The second kappa shape index (κ2) is 7.01. The van der Waals surface area contributed by atoms with Gasteiger partial charge in [0.25, 0.3) is 0 Å². The molecule has 0 amide bonds. The molecule has 4 nitrogen and oxygen atoms in total. The fraction of sp³-hybridized carbons (Fsp3) is 0.696. The molecule has 5 rings (SSSR count). The highest BCUT2D eigenvalue weighted by molar-refractivity contribution is 5.88. The van der Waals surface area contributed by atoms with Crippen LogP contribution in [0.4, 0.5) is 4.39 Å². The molecular weight excluding hydrogens is 359 g/mol. The van der Waals surface area contributed by atoms with Gasteiger partial charge < -0.3 is 14.6 Å². The van der Waals surface area contributed by atoms with Crippen molar-refractivity contribution in [2.75, 3.05) is 6.61 Å². The Morgan fingerprint density at radius 2 is 1.75 bits per heavy atom. The minimum Gasteiger partial charge on any atom is -0.478 e. The Balaban J connectivity index is 1.49. The molecule has 0 aromatic heterocycles. The second-order valence-electron chi connectivity index (χ2n) is 10.5. The zero-order chi connectivity index (χ0) is 20.1. The van der Waals surface area contributed by atoms with E-state index in [1.54, 1.807) is 0 Å². The van der Waals surface area contributed by atoms with Crippen LogP contribution >= 0.6 is 0 Å². The lowest BCUT2D eigenvalue weighted by Crippen LogP contribution is -2.49. The van der Waals surface area contributed by atoms with Crippen molar-refractivity contribution in [1.82, 2.24) is 0 Å². The SMILES string of the molecule is CC(C)(C)C(OCC12CC3CC(CC(C3)C1)C2)Oc1cc(C(=O)O)ccc1F. The van der Waals surface area contributed by atoms with E-state index in [-0.39, 0.29) is 22.1 Å². The van der Waals surface area contributed by atoms with Gasteiger partial charge in [-0.15, -0.1) is 0 Å². The van der Waals surface area contributed by atoms with Gasteiger partial charge in [0.15, 0.2) is 11.6 Å². The van der Waals surface area contributed by atoms with Gasteiger partial charge in [-0.2, -0.15) is 0 Å². The van der Waals surface area contributed by atoms with Crippen molar-refractivity contribution in [2.45, 2.75) is 65.6 Å². The van der Waals surface area contributed by atoms with Crippen LogP contribution in [-0.2, 0) is 4.74 Å². The Kier molecular flexibility index (Phi) is 4.93. The van der Waals surface area contributed by atoms with Crippen molar-refractivity contribution in [1.29, 1.82) is 0 Å². The van der Waals surface area contributed by atoms with Crippen LogP contribution in [0.3, 0.4) is 0 Å². The maximum atomic E-state index is 14.3. The number of hydrogen-bond donors (Lipinski definition) is 1. The summed E-state index contributed by atoms with van der Waals surface area (Å²) in [7, 11) is 0. The van der Waals surface area contributed by atoms with E-state index < -0.39 is 18.1 Å². The molecule has 1 atom stereocenters. The van der Waals surface area contributed by atoms with Crippen LogP contribution in [0.15, 0.2) is 18.2 Å². The topological polar surface area (TPSA) is 55.8 Å². The smallest absolute Gasteiger partial charge is 0.335 e. The van der Waals surface area contributed by atoms with Gasteiger partial charge in [-0.3, -0.25) is 0 Å². The highest BCUT2D eigenvalue weighted by Gasteiger charge is 2.51. The third-order valence-electron chi connectivity index (χ3n) is 6.83. The number of halogens is 1. The number of hydrogen-bond acceptors (Lipinski definition) is 3. The summed E-state index contributed by atoms with van der Waals surface area (Å²) in [4.78, 5) is 11.2. The van der Waals surface area contributed by atoms with E-state index in [1.807, 2.05) is 20.8 Å². The minimum absolute atomic E-state index is 0.00476. The molecule has 4 aliphatic carbocycles. The molecular formula is C23H31FO4. The molecule has 5 heteroatoms. The van der Waals surface area contributed by atoms with Crippen molar-refractivity contribution in [3.63, 3.8) is 0 Å². The van der Waals surface area contributed by atoms with Gasteiger partial charge in [0.2, 0.25) is 6.29 Å². The number of ether oxygens (including phenoxy) is 2. The summed E-state index contributed by atoms with van der Waals surface area (Å²) in [6.45, 7) is 6.63. The van der Waals surface area contributed by atoms with E-state index in [4.69, 9.17) is 9.47 Å². The lowest BCUT2D eigenvalue weighted by atomic mass is 9.50. The predicted molar refractivity (Wildman–Crippen MR) is 104 cm³/mol. The van der Waals surface area contributed by atoms with E-state index in [2.05, 4.69) is 0 Å². The summed E-state index contributed by atoms with van der Waals surface area (Å²) in [6.07, 6.45) is 7.21. The summed E-state index contributed by atoms with van der Waals surface area (Å²) in [5, 5.41) is 9.18. The molecule has 4 aliphatic rings. The van der Waals surface area contributed by atoms with Crippen LogP contribution in [0.5, 0.6) is 5.75 Å². The molecule has 154 valence electrons. The van der Waals surface area contributed by atoms with E-state index >= 15 is 0 Å². The quantitative estimate of drug-likeness (QED) is 0.651. The van der Waals surface area contributed by atoms with Crippen LogP contribution in [0, 0.1) is 34.4 Å². The van der Waals surface area contributed by atoms with Gasteiger partial charge in [0.1, 0.15) is 0 Å². The Hall–Kier alpha value is -1.62. The number of rotatable bonds is 6. The van der Waals surface area contributed by atoms with Gasteiger partial charge in [-0.25, -0.2) is 9.18 Å². The summed E-state index contributed by atoms with van der Waals surface area (Å²) >= 11 is 0. The number of aromatic carboxylic acids is 1. The molecule has 0 saturated heterocycles. The first-order valence-corrected chi connectivity index (χ1v) is 10.4. The number of benzene rings is 1. The first-order chi connectivity index (χ1) is 13.1. The van der Waals surface area contributed by atoms with Gasteiger partial charge >= 0.3 is 5.97 Å². The molecule has 4 bridgehead atoms. The zero-order valence-electron chi connectivity index (χ0n) is 17.0. The Labute approximate surface area is 166 Å². The van der Waals surface area contributed by atoms with Gasteiger partial charge in [-0.1, -0.05) is 20.8 Å². The minimum atomic E-state index is -1.10. The summed E-state index contributed by atoms with van der Waals surface area (Å²) in [6, 6.07) is 3.62. The molecule has 1 aromatic rings. The van der Waals surface area contributed by atoms with E-state index in [9.17, 15) is 14.3 Å². The van der Waals surface area contributed by atoms with Crippen molar-refractivity contribution < 1.29 is 23.8 Å². The zero-order valence-corrected chi connectivity index (χ0v) is 17.0. The average Bonchev–Trinajstić information content (AvgIpc) is 2.57. The van der Waals surface area contributed by atoms with Gasteiger partial charge in [0.05, 0.1) is 12.2 Å². The monoisotopic (exact) mass is 390 g/mol. The molecule has 4 fully saturated rings. The Morgan fingerprint density at radius 3 is 2.25 bits per heavy atom. The highest BCUT2D eigenvalue weighted by Crippen LogP contribution is 2.60. The van der Waals surface area contributed by atoms with Gasteiger partial charge in [0, 0.05) is 5.41 Å². The summed E-state index contributed by atoms with van der Waals surface area (Å²) < 4.78 is 26.5. The van der Waals surface area contributed by atoms with Crippen LogP contribution in [0.2, 0.25) is 0 Å². The fourth-order valence-corrected chi connectivity index (χ4v) is 6.02. The van der Waals surface area contributed by atoms with E-state index in [0.717, 1.165) is 23.8 Å². The standard InChI is InChI=1S/C23H31FO4/c1-22(2,3)21(28-19-9-17(20(25)26)4-5-18(19)24)27-13-23-10-14-6-15(11-23)8-16(7-14)12-23/h4-5,9,14-16,21H,6-8,10-13H2,1-3H3,(H,25,26). The first kappa shape index (κ1) is 19.7. The fourth-order valence-electron chi connectivity index (χ4n) is 6.02. The molecule has 0 aliphatic heterocycles. The van der Waals surface area contributed by atoms with Crippen LogP contribution < -0.4 is 4.74 Å². The highest BCUT2D eigenvalue weighted by atomic mass is 19.1. The largest absolute Gasteiger partial charge is 0.478 e. The lowest BCUT2D eigenvalue weighted by Gasteiger charge is -2.57. The molecule has 0 spiro atoms. The molecule has 1 unspecified atom stereocenters. The number of carbonyl (C=O) groups is 1. The van der Waals surface area contributed by atoms with Crippen molar-refractivity contribution in [3.05, 3.63) is 29.6 Å². The van der Waals surface area contributed by atoms with E-state index in [0.29, 0.717) is 6.61 Å². The predicted octanol–water partition coefficient (Wildman–Crippen LogP) is 5.51. The van der Waals surface area contributed by atoms with Crippen LogP contribution in [0.25, 0.3) is 0 Å². The molecule has 0 radical (unpaired) electrons. The molecule has 0 heterocycles. The first-order valence-electron chi connectivity index (χ1n) is 10.4. The lowest BCUT2D eigenvalue weighted by molar-refractivity contribution is -0.187. The van der Waals surface area contributed by atoms with Crippen molar-refractivity contribution in [3.8, 4) is 5.75 Å². The van der Waals surface area contributed by atoms with Gasteiger partial charge in [-0.05, 0) is 79.9 Å². The second-order valence-corrected chi connectivity index (χ2v) is 10.5. The third kappa shape index (κ3) is 3.91. The normalized spacial score (nSPS) is 32.4. The molecule has 1 N–H and O–H groups in total. The van der Waals surface area contributed by atoms with Crippen LogP contribution in [0.1, 0.15) is 69.7 Å². The average molecular weight is 390 g/mol. The number of carboxylic acid groups (broad SMARTS) is 1. The number of carboxylic acids is 1. The van der Waals surface area contributed by atoms with Crippen molar-refractivity contribution >= 4 is 5.97 Å². The van der Waals surface area contributed by atoms with Crippen LogP contribution in [-0.4, -0.2) is 24.0 Å².